The van der Waals surface area contributed by atoms with Gasteiger partial charge < -0.3 is 10.1 Å². The van der Waals surface area contributed by atoms with Crippen LogP contribution in [-0.2, 0) is 0 Å². The van der Waals surface area contributed by atoms with E-state index in [1.807, 2.05) is 50.2 Å². The monoisotopic (exact) mass is 380 g/mol. The van der Waals surface area contributed by atoms with Gasteiger partial charge in [0.2, 0.25) is 0 Å². The molecule has 0 radical (unpaired) electrons. The van der Waals surface area contributed by atoms with Gasteiger partial charge in [0.1, 0.15) is 17.3 Å². The summed E-state index contributed by atoms with van der Waals surface area (Å²) in [5.41, 5.74) is 1.11. The summed E-state index contributed by atoms with van der Waals surface area (Å²) in [6.07, 6.45) is 1.68. The van der Waals surface area contributed by atoms with Crippen LogP contribution in [0.1, 0.15) is 44.1 Å². The average molecular weight is 380 g/mol. The van der Waals surface area contributed by atoms with E-state index in [0.717, 1.165) is 11.3 Å². The molecule has 28 heavy (non-hydrogen) atoms. The van der Waals surface area contributed by atoms with E-state index in [9.17, 15) is 9.59 Å². The molecule has 2 aromatic heterocycles. The van der Waals surface area contributed by atoms with E-state index in [4.69, 9.17) is 4.74 Å². The van der Waals surface area contributed by atoms with E-state index in [1.54, 1.807) is 20.0 Å². The average Bonchev–Trinajstić information content (AvgIpc) is 2.63. The largest absolute Gasteiger partial charge is 0.456 e. The van der Waals surface area contributed by atoms with Crippen LogP contribution in [0.2, 0.25) is 0 Å². The van der Waals surface area contributed by atoms with Crippen LogP contribution in [-0.4, -0.2) is 14.5 Å². The molecule has 146 valence electrons. The lowest BCUT2D eigenvalue weighted by atomic mass is 10.1. The molecule has 0 aliphatic heterocycles. The van der Waals surface area contributed by atoms with E-state index in [-0.39, 0.29) is 17.6 Å². The van der Waals surface area contributed by atoms with Gasteiger partial charge in [-0.3, -0.25) is 19.3 Å². The molecule has 2 N–H and O–H groups in total. The molecular formula is C21H24N4O3. The molecule has 0 spiro atoms. The number of nitrogens with one attached hydrogen (secondary N) is 2. The molecule has 0 amide bonds. The number of hydrogen-bond acceptors (Lipinski definition) is 5. The summed E-state index contributed by atoms with van der Waals surface area (Å²) in [4.78, 5) is 31.3. The van der Waals surface area contributed by atoms with Crippen molar-refractivity contribution in [3.05, 3.63) is 80.8 Å². The maximum atomic E-state index is 12.2. The lowest BCUT2D eigenvalue weighted by molar-refractivity contribution is 0.479. The fraction of sp³-hybridized carbons (Fsp3) is 0.286. The lowest BCUT2D eigenvalue weighted by Gasteiger charge is -2.17. The van der Waals surface area contributed by atoms with Crippen LogP contribution < -0.4 is 21.3 Å². The van der Waals surface area contributed by atoms with Crippen molar-refractivity contribution in [1.82, 2.24) is 14.5 Å². The quantitative estimate of drug-likeness (QED) is 0.679. The highest BCUT2D eigenvalue weighted by Gasteiger charge is 2.11. The van der Waals surface area contributed by atoms with Crippen molar-refractivity contribution >= 4 is 5.82 Å². The van der Waals surface area contributed by atoms with Gasteiger partial charge in [-0.25, -0.2) is 4.79 Å². The minimum Gasteiger partial charge on any atom is -0.456 e. The van der Waals surface area contributed by atoms with E-state index in [2.05, 4.69) is 15.3 Å². The lowest BCUT2D eigenvalue weighted by Crippen LogP contribution is -2.36. The van der Waals surface area contributed by atoms with Crippen LogP contribution in [0.25, 0.3) is 0 Å². The highest BCUT2D eigenvalue weighted by molar-refractivity contribution is 5.40. The van der Waals surface area contributed by atoms with Gasteiger partial charge in [0.25, 0.3) is 5.56 Å². The highest BCUT2D eigenvalue weighted by Crippen LogP contribution is 2.25. The molecule has 1 atom stereocenters. The molecule has 0 aliphatic carbocycles. The Kier molecular flexibility index (Phi) is 5.63. The molecule has 0 unspecified atom stereocenters. The summed E-state index contributed by atoms with van der Waals surface area (Å²) in [7, 11) is 0. The van der Waals surface area contributed by atoms with Crippen molar-refractivity contribution in [3.63, 3.8) is 0 Å². The Morgan fingerprint density at radius 3 is 2.50 bits per heavy atom. The second kappa shape index (κ2) is 8.12. The van der Waals surface area contributed by atoms with E-state index < -0.39 is 5.69 Å². The number of hydrogen-bond donors (Lipinski definition) is 2. The van der Waals surface area contributed by atoms with Crippen molar-refractivity contribution < 1.29 is 4.74 Å². The summed E-state index contributed by atoms with van der Waals surface area (Å²) in [6, 6.07) is 12.4. The number of rotatable bonds is 6. The molecule has 0 bridgehead atoms. The molecule has 2 heterocycles. The van der Waals surface area contributed by atoms with E-state index in [1.165, 1.54) is 10.6 Å². The molecule has 0 aliphatic rings. The van der Waals surface area contributed by atoms with Gasteiger partial charge in [-0.2, -0.15) is 0 Å². The molecule has 7 nitrogen and oxygen atoms in total. The smallest absolute Gasteiger partial charge is 0.330 e. The number of ether oxygens (including phenoxy) is 1. The van der Waals surface area contributed by atoms with Crippen molar-refractivity contribution in [3.8, 4) is 11.5 Å². The second-order valence-corrected chi connectivity index (χ2v) is 6.97. The summed E-state index contributed by atoms with van der Waals surface area (Å²) < 4.78 is 7.03. The maximum Gasteiger partial charge on any atom is 0.330 e. The Bertz CT molecular complexity index is 1040. The predicted molar refractivity (Wildman–Crippen MR) is 109 cm³/mol. The summed E-state index contributed by atoms with van der Waals surface area (Å²) in [5, 5.41) is 3.17. The summed E-state index contributed by atoms with van der Waals surface area (Å²) in [5.74, 6) is 1.72. The molecule has 7 heteroatoms. The minimum absolute atomic E-state index is 0.148. The number of anilines is 1. The second-order valence-electron chi connectivity index (χ2n) is 6.97. The van der Waals surface area contributed by atoms with Crippen molar-refractivity contribution in [2.75, 3.05) is 5.32 Å². The summed E-state index contributed by atoms with van der Waals surface area (Å²) >= 11 is 0. The molecule has 0 fully saturated rings. The normalized spacial score (nSPS) is 12.0. The van der Waals surface area contributed by atoms with E-state index >= 15 is 0 Å². The molecule has 3 aromatic rings. The van der Waals surface area contributed by atoms with Gasteiger partial charge in [0, 0.05) is 17.8 Å². The standard InChI is InChI=1S/C21H24N4O3/c1-13(2)25-20(26)11-19(24-21(25)27)23-15(4)16-6-5-7-17(10-16)28-18-9-8-14(3)22-12-18/h5-13,15,23H,1-4H3,(H,24,27)/t15-/m0/s1. The van der Waals surface area contributed by atoms with Crippen molar-refractivity contribution in [2.24, 2.45) is 0 Å². The van der Waals surface area contributed by atoms with Gasteiger partial charge in [0.05, 0.1) is 12.2 Å². The molecule has 1 aromatic carbocycles. The molecule has 0 saturated carbocycles. The first-order chi connectivity index (χ1) is 13.3. The third-order valence-corrected chi connectivity index (χ3v) is 4.33. The van der Waals surface area contributed by atoms with Gasteiger partial charge in [0.15, 0.2) is 0 Å². The Labute approximate surface area is 163 Å². The van der Waals surface area contributed by atoms with Crippen LogP contribution in [0.5, 0.6) is 11.5 Å². The van der Waals surface area contributed by atoms with Crippen molar-refractivity contribution in [2.45, 2.75) is 39.8 Å². The van der Waals surface area contributed by atoms with Gasteiger partial charge in [-0.1, -0.05) is 12.1 Å². The number of benzene rings is 1. The zero-order valence-electron chi connectivity index (χ0n) is 16.4. The number of pyridine rings is 1. The zero-order chi connectivity index (χ0) is 20.3. The maximum absolute atomic E-state index is 12.2. The van der Waals surface area contributed by atoms with Crippen molar-refractivity contribution in [1.29, 1.82) is 0 Å². The van der Waals surface area contributed by atoms with E-state index in [0.29, 0.717) is 17.3 Å². The van der Waals surface area contributed by atoms with Crippen LogP contribution in [0.4, 0.5) is 5.82 Å². The first kappa shape index (κ1) is 19.4. The fourth-order valence-electron chi connectivity index (χ4n) is 2.89. The van der Waals surface area contributed by atoms with Gasteiger partial charge >= 0.3 is 5.69 Å². The van der Waals surface area contributed by atoms with Crippen LogP contribution in [0.3, 0.4) is 0 Å². The van der Waals surface area contributed by atoms with Crippen LogP contribution in [0.15, 0.2) is 58.3 Å². The summed E-state index contributed by atoms with van der Waals surface area (Å²) in [6.45, 7) is 7.45. The number of H-pyrrole nitrogens is 1. The Morgan fingerprint density at radius 1 is 1.07 bits per heavy atom. The Morgan fingerprint density at radius 2 is 1.86 bits per heavy atom. The fourth-order valence-corrected chi connectivity index (χ4v) is 2.89. The third kappa shape index (κ3) is 4.49. The van der Waals surface area contributed by atoms with Gasteiger partial charge in [-0.05, 0) is 57.5 Å². The molecule has 3 rings (SSSR count). The highest BCUT2D eigenvalue weighted by atomic mass is 16.5. The SMILES string of the molecule is Cc1ccc(Oc2cccc([C@H](C)Nc3cc(=O)n(C(C)C)c(=O)[nH]3)c2)cn1. The Balaban J connectivity index is 1.78. The molecule has 0 saturated heterocycles. The van der Waals surface area contributed by atoms with Crippen LogP contribution >= 0.6 is 0 Å². The molecular weight excluding hydrogens is 356 g/mol. The first-order valence-corrected chi connectivity index (χ1v) is 9.16. The van der Waals surface area contributed by atoms with Crippen LogP contribution in [0, 0.1) is 6.92 Å². The minimum atomic E-state index is -0.429. The van der Waals surface area contributed by atoms with Gasteiger partial charge in [-0.15, -0.1) is 0 Å². The number of nitrogens with zero attached hydrogens (tertiary/aromatic N) is 2. The topological polar surface area (TPSA) is 89.0 Å². The number of aryl methyl sites for hydroxylation is 1. The first-order valence-electron chi connectivity index (χ1n) is 9.16. The number of aromatic amines is 1. The zero-order valence-corrected chi connectivity index (χ0v) is 16.4. The third-order valence-electron chi connectivity index (χ3n) is 4.33. The number of aromatic nitrogens is 3. The predicted octanol–water partition coefficient (Wildman–Crippen LogP) is 3.79. The Hall–Kier alpha value is -3.35.